The Bertz CT molecular complexity index is 291. The summed E-state index contributed by atoms with van der Waals surface area (Å²) in [4.78, 5) is 11.2. The molecule has 2 nitrogen and oxygen atoms in total. The molecule has 0 radical (unpaired) electrons. The predicted molar refractivity (Wildman–Crippen MR) is 48.0 cm³/mol. The Morgan fingerprint density at radius 2 is 2.00 bits per heavy atom. The van der Waals surface area contributed by atoms with Crippen molar-refractivity contribution >= 4 is 5.97 Å². The average Bonchev–Trinajstić information content (AvgIpc) is 2.64. The molecule has 2 heteroatoms. The molecule has 70 valence electrons. The molecule has 0 aromatic heterocycles. The summed E-state index contributed by atoms with van der Waals surface area (Å²) in [5, 5.41) is 0. The maximum Gasteiger partial charge on any atom is 0.331 e. The Hall–Kier alpha value is -0.790. The van der Waals surface area contributed by atoms with Crippen molar-refractivity contribution in [1.29, 1.82) is 0 Å². The highest BCUT2D eigenvalue weighted by Gasteiger charge is 2.70. The van der Waals surface area contributed by atoms with Gasteiger partial charge < -0.3 is 4.74 Å². The van der Waals surface area contributed by atoms with E-state index in [1.165, 1.54) is 31.3 Å². The highest BCUT2D eigenvalue weighted by molar-refractivity contribution is 5.87. The highest BCUT2D eigenvalue weighted by Crippen LogP contribution is 2.65. The molecule has 1 spiro atoms. The van der Waals surface area contributed by atoms with Crippen molar-refractivity contribution in [3.63, 3.8) is 0 Å². The standard InChI is InChI=1S/C11H14O2/c1-7-6-10(12)13-11(7)8-4-2-3-5-9(8)11/h6,8-9H,2-5H2,1H3/t8-,9+,11?. The maximum atomic E-state index is 11.2. The fourth-order valence-electron chi connectivity index (χ4n) is 3.37. The zero-order chi connectivity index (χ0) is 9.05. The molecular formula is C11H14O2. The zero-order valence-corrected chi connectivity index (χ0v) is 7.88. The van der Waals surface area contributed by atoms with E-state index in [9.17, 15) is 4.79 Å². The topological polar surface area (TPSA) is 26.3 Å². The lowest BCUT2D eigenvalue weighted by molar-refractivity contribution is -0.141. The third-order valence-electron chi connectivity index (χ3n) is 3.98. The number of hydrogen-bond donors (Lipinski definition) is 0. The molecule has 0 N–H and O–H groups in total. The first-order chi connectivity index (χ1) is 6.25. The third kappa shape index (κ3) is 0.767. The smallest absolute Gasteiger partial charge is 0.331 e. The predicted octanol–water partition coefficient (Wildman–Crippen LogP) is 2.05. The minimum absolute atomic E-state index is 0.117. The van der Waals surface area contributed by atoms with Gasteiger partial charge in [0.2, 0.25) is 0 Å². The third-order valence-corrected chi connectivity index (χ3v) is 3.98. The first-order valence-corrected chi connectivity index (χ1v) is 5.17. The fraction of sp³-hybridized carbons (Fsp3) is 0.727. The molecule has 0 amide bonds. The molecule has 2 fully saturated rings. The van der Waals surface area contributed by atoms with Gasteiger partial charge in [-0.05, 0) is 25.3 Å². The van der Waals surface area contributed by atoms with Crippen molar-refractivity contribution in [1.82, 2.24) is 0 Å². The van der Waals surface area contributed by atoms with Gasteiger partial charge in [0.1, 0.15) is 5.60 Å². The minimum Gasteiger partial charge on any atom is -0.451 e. The number of esters is 1. The van der Waals surface area contributed by atoms with E-state index in [1.54, 1.807) is 6.08 Å². The van der Waals surface area contributed by atoms with Gasteiger partial charge in [0, 0.05) is 17.9 Å². The molecule has 1 aliphatic heterocycles. The SMILES string of the molecule is CC1=CC(=O)OC12[C@@H]1CCCC[C@@H]12. The van der Waals surface area contributed by atoms with E-state index in [2.05, 4.69) is 0 Å². The van der Waals surface area contributed by atoms with E-state index in [0.29, 0.717) is 11.8 Å². The van der Waals surface area contributed by atoms with E-state index in [-0.39, 0.29) is 11.6 Å². The fourth-order valence-corrected chi connectivity index (χ4v) is 3.37. The summed E-state index contributed by atoms with van der Waals surface area (Å²) >= 11 is 0. The molecule has 0 aromatic rings. The van der Waals surface area contributed by atoms with Crippen LogP contribution in [0.1, 0.15) is 32.6 Å². The maximum absolute atomic E-state index is 11.2. The molecule has 13 heavy (non-hydrogen) atoms. The molecule has 3 rings (SSSR count). The average molecular weight is 178 g/mol. The van der Waals surface area contributed by atoms with Gasteiger partial charge in [-0.3, -0.25) is 0 Å². The van der Waals surface area contributed by atoms with E-state index in [1.807, 2.05) is 6.92 Å². The number of rotatable bonds is 0. The second-order valence-corrected chi connectivity index (χ2v) is 4.54. The van der Waals surface area contributed by atoms with E-state index >= 15 is 0 Å². The van der Waals surface area contributed by atoms with Crippen LogP contribution in [0.25, 0.3) is 0 Å². The molecular weight excluding hydrogens is 164 g/mol. The summed E-state index contributed by atoms with van der Waals surface area (Å²) < 4.78 is 5.49. The van der Waals surface area contributed by atoms with Crippen molar-refractivity contribution in [2.75, 3.05) is 0 Å². The van der Waals surface area contributed by atoms with Crippen LogP contribution in [-0.2, 0) is 9.53 Å². The van der Waals surface area contributed by atoms with Crippen LogP contribution >= 0.6 is 0 Å². The van der Waals surface area contributed by atoms with Gasteiger partial charge in [-0.2, -0.15) is 0 Å². The zero-order valence-electron chi connectivity index (χ0n) is 7.88. The number of hydrogen-bond acceptors (Lipinski definition) is 2. The van der Waals surface area contributed by atoms with Crippen LogP contribution in [0.2, 0.25) is 0 Å². The summed E-state index contributed by atoms with van der Waals surface area (Å²) in [5.74, 6) is 1.19. The van der Waals surface area contributed by atoms with Crippen LogP contribution in [0.15, 0.2) is 11.6 Å². The first kappa shape index (κ1) is 7.60. The van der Waals surface area contributed by atoms with E-state index < -0.39 is 0 Å². The first-order valence-electron chi connectivity index (χ1n) is 5.17. The van der Waals surface area contributed by atoms with Gasteiger partial charge >= 0.3 is 5.97 Å². The van der Waals surface area contributed by atoms with Crippen molar-refractivity contribution < 1.29 is 9.53 Å². The monoisotopic (exact) mass is 178 g/mol. The Balaban J connectivity index is 1.93. The lowest BCUT2D eigenvalue weighted by Crippen LogP contribution is -2.16. The molecule has 1 heterocycles. The molecule has 3 aliphatic rings. The van der Waals surface area contributed by atoms with Crippen LogP contribution in [-0.4, -0.2) is 11.6 Å². The Morgan fingerprint density at radius 3 is 2.46 bits per heavy atom. The number of carbonyl (C=O) groups is 1. The van der Waals surface area contributed by atoms with Gasteiger partial charge in [0.05, 0.1) is 0 Å². The van der Waals surface area contributed by atoms with Gasteiger partial charge in [0.25, 0.3) is 0 Å². The van der Waals surface area contributed by atoms with Crippen molar-refractivity contribution in [3.05, 3.63) is 11.6 Å². The van der Waals surface area contributed by atoms with Crippen LogP contribution < -0.4 is 0 Å². The molecule has 1 unspecified atom stereocenters. The normalized spacial score (nSPS) is 47.2. The van der Waals surface area contributed by atoms with Gasteiger partial charge in [-0.25, -0.2) is 4.79 Å². The summed E-state index contributed by atoms with van der Waals surface area (Å²) in [6.45, 7) is 2.04. The lowest BCUT2D eigenvalue weighted by Gasteiger charge is -2.11. The van der Waals surface area contributed by atoms with Gasteiger partial charge in [0.15, 0.2) is 0 Å². The van der Waals surface area contributed by atoms with Crippen molar-refractivity contribution in [2.45, 2.75) is 38.2 Å². The number of ether oxygens (including phenoxy) is 1. The summed E-state index contributed by atoms with van der Waals surface area (Å²) in [7, 11) is 0. The van der Waals surface area contributed by atoms with Gasteiger partial charge in [-0.15, -0.1) is 0 Å². The van der Waals surface area contributed by atoms with Crippen LogP contribution in [0.4, 0.5) is 0 Å². The molecule has 3 atom stereocenters. The molecule has 0 aromatic carbocycles. The largest absolute Gasteiger partial charge is 0.451 e. The molecule has 2 saturated carbocycles. The van der Waals surface area contributed by atoms with E-state index in [4.69, 9.17) is 4.74 Å². The number of carbonyl (C=O) groups excluding carboxylic acids is 1. The second kappa shape index (κ2) is 2.17. The Kier molecular flexibility index (Phi) is 1.27. The molecule has 0 saturated heterocycles. The van der Waals surface area contributed by atoms with Gasteiger partial charge in [-0.1, -0.05) is 12.8 Å². The van der Waals surface area contributed by atoms with Crippen LogP contribution in [0.3, 0.4) is 0 Å². The highest BCUT2D eigenvalue weighted by atomic mass is 16.6. The Labute approximate surface area is 78.0 Å². The Morgan fingerprint density at radius 1 is 1.38 bits per heavy atom. The molecule has 2 aliphatic carbocycles. The quantitative estimate of drug-likeness (QED) is 0.531. The van der Waals surface area contributed by atoms with Crippen LogP contribution in [0, 0.1) is 11.8 Å². The van der Waals surface area contributed by atoms with Crippen LogP contribution in [0.5, 0.6) is 0 Å². The van der Waals surface area contributed by atoms with Crippen molar-refractivity contribution in [3.8, 4) is 0 Å². The lowest BCUT2D eigenvalue weighted by atomic mass is 10.0. The van der Waals surface area contributed by atoms with E-state index in [0.717, 1.165) is 0 Å². The minimum atomic E-state index is -0.119. The summed E-state index contributed by atoms with van der Waals surface area (Å²) in [5.41, 5.74) is 1.06. The number of fused-ring (bicyclic) bond motifs is 3. The summed E-state index contributed by atoms with van der Waals surface area (Å²) in [6, 6.07) is 0. The summed E-state index contributed by atoms with van der Waals surface area (Å²) in [6.07, 6.45) is 6.81. The molecule has 0 bridgehead atoms. The van der Waals surface area contributed by atoms with Crippen molar-refractivity contribution in [2.24, 2.45) is 11.8 Å². The second-order valence-electron chi connectivity index (χ2n) is 4.54.